The van der Waals surface area contributed by atoms with Crippen LogP contribution >= 0.6 is 0 Å². The highest BCUT2D eigenvalue weighted by atomic mass is 16.5. The molecule has 0 aliphatic carbocycles. The van der Waals surface area contributed by atoms with E-state index in [2.05, 4.69) is 22.2 Å². The molecule has 102 valence electrons. The number of hydrogen-bond donors (Lipinski definition) is 3. The highest BCUT2D eigenvalue weighted by molar-refractivity contribution is 5.59. The number of anilines is 2. The molecule has 1 unspecified atom stereocenters. The van der Waals surface area contributed by atoms with Crippen molar-refractivity contribution in [2.24, 2.45) is 0 Å². The molecule has 0 amide bonds. The fourth-order valence-corrected chi connectivity index (χ4v) is 1.99. The summed E-state index contributed by atoms with van der Waals surface area (Å²) in [6.45, 7) is 4.68. The monoisotopic (exact) mass is 260 g/mol. The van der Waals surface area contributed by atoms with Crippen LogP contribution in [0, 0.1) is 0 Å². The van der Waals surface area contributed by atoms with Crippen molar-refractivity contribution in [2.45, 2.75) is 26.3 Å². The second kappa shape index (κ2) is 6.13. The average molecular weight is 260 g/mol. The minimum absolute atomic E-state index is 0.131. The Bertz CT molecular complexity index is 510. The summed E-state index contributed by atoms with van der Waals surface area (Å²) in [6.07, 6.45) is 4.50. The van der Waals surface area contributed by atoms with Crippen LogP contribution in [0.4, 0.5) is 11.4 Å². The van der Waals surface area contributed by atoms with Gasteiger partial charge in [0.1, 0.15) is 11.6 Å². The highest BCUT2D eigenvalue weighted by Crippen LogP contribution is 2.26. The first-order valence-corrected chi connectivity index (χ1v) is 6.52. The molecule has 1 heterocycles. The predicted molar refractivity (Wildman–Crippen MR) is 77.3 cm³/mol. The van der Waals surface area contributed by atoms with Crippen molar-refractivity contribution < 1.29 is 4.74 Å². The molecule has 19 heavy (non-hydrogen) atoms. The molecular formula is C14H20N4O. The lowest BCUT2D eigenvalue weighted by molar-refractivity contribution is 0.340. The molecule has 0 spiro atoms. The number of aromatic nitrogens is 2. The number of benzene rings is 1. The number of nitrogens with zero attached hydrogens (tertiary/aromatic N) is 1. The Hall–Kier alpha value is -2.17. The van der Waals surface area contributed by atoms with Gasteiger partial charge in [0, 0.05) is 35.9 Å². The summed E-state index contributed by atoms with van der Waals surface area (Å²) >= 11 is 0. The topological polar surface area (TPSA) is 76.0 Å². The first-order chi connectivity index (χ1) is 9.22. The maximum absolute atomic E-state index is 5.88. The molecule has 0 saturated carbocycles. The number of hydrogen-bond acceptors (Lipinski definition) is 4. The van der Waals surface area contributed by atoms with Gasteiger partial charge in [-0.3, -0.25) is 0 Å². The largest absolute Gasteiger partial charge is 0.494 e. The molecule has 2 aromatic rings. The predicted octanol–water partition coefficient (Wildman–Crippen LogP) is 2.95. The molecule has 4 N–H and O–H groups in total. The van der Waals surface area contributed by atoms with Crippen LogP contribution in [0.2, 0.25) is 0 Å². The Balaban J connectivity index is 2.17. The third kappa shape index (κ3) is 3.40. The zero-order valence-electron chi connectivity index (χ0n) is 11.3. The average Bonchev–Trinajstić information content (AvgIpc) is 2.89. The van der Waals surface area contributed by atoms with Crippen LogP contribution in [0.1, 0.15) is 32.1 Å². The molecule has 0 aliphatic rings. The second-order valence-electron chi connectivity index (χ2n) is 4.30. The number of nitrogen functional groups attached to an aromatic ring is 1. The van der Waals surface area contributed by atoms with Gasteiger partial charge in [0.15, 0.2) is 0 Å². The number of aromatic amines is 1. The number of imidazole rings is 1. The zero-order chi connectivity index (χ0) is 13.7. The molecule has 2 rings (SSSR count). The van der Waals surface area contributed by atoms with Crippen LogP contribution in [-0.2, 0) is 0 Å². The van der Waals surface area contributed by atoms with Crippen molar-refractivity contribution in [2.75, 3.05) is 17.7 Å². The van der Waals surface area contributed by atoms with E-state index in [4.69, 9.17) is 10.5 Å². The molecular weight excluding hydrogens is 240 g/mol. The lowest BCUT2D eigenvalue weighted by atomic mass is 10.2. The van der Waals surface area contributed by atoms with Crippen molar-refractivity contribution in [1.29, 1.82) is 0 Å². The summed E-state index contributed by atoms with van der Waals surface area (Å²) in [7, 11) is 0. The van der Waals surface area contributed by atoms with Crippen LogP contribution in [0.15, 0.2) is 30.6 Å². The molecule has 1 aromatic carbocycles. The molecule has 1 atom stereocenters. The van der Waals surface area contributed by atoms with E-state index in [1.165, 1.54) is 0 Å². The van der Waals surface area contributed by atoms with Gasteiger partial charge in [-0.1, -0.05) is 6.92 Å². The van der Waals surface area contributed by atoms with Gasteiger partial charge in [-0.15, -0.1) is 0 Å². The van der Waals surface area contributed by atoms with Crippen molar-refractivity contribution >= 4 is 11.4 Å². The Morgan fingerprint density at radius 1 is 1.37 bits per heavy atom. The van der Waals surface area contributed by atoms with Crippen LogP contribution in [0.5, 0.6) is 5.75 Å². The van der Waals surface area contributed by atoms with Crippen LogP contribution < -0.4 is 15.8 Å². The molecule has 5 heteroatoms. The smallest absolute Gasteiger partial charge is 0.128 e. The Morgan fingerprint density at radius 2 is 2.21 bits per heavy atom. The van der Waals surface area contributed by atoms with E-state index in [9.17, 15) is 0 Å². The Morgan fingerprint density at radius 3 is 2.84 bits per heavy atom. The number of H-pyrrole nitrogens is 1. The Kier molecular flexibility index (Phi) is 4.28. The molecule has 0 aliphatic heterocycles. The summed E-state index contributed by atoms with van der Waals surface area (Å²) in [6, 6.07) is 5.80. The molecule has 0 radical (unpaired) electrons. The van der Waals surface area contributed by atoms with E-state index in [1.807, 2.05) is 31.3 Å². The minimum atomic E-state index is 0.131. The van der Waals surface area contributed by atoms with Gasteiger partial charge >= 0.3 is 0 Å². The fraction of sp³-hybridized carbons (Fsp3) is 0.357. The molecule has 5 nitrogen and oxygen atoms in total. The van der Waals surface area contributed by atoms with Gasteiger partial charge in [0.05, 0.1) is 12.6 Å². The van der Waals surface area contributed by atoms with E-state index >= 15 is 0 Å². The first-order valence-electron chi connectivity index (χ1n) is 6.52. The normalized spacial score (nSPS) is 12.1. The van der Waals surface area contributed by atoms with Gasteiger partial charge in [-0.2, -0.15) is 0 Å². The van der Waals surface area contributed by atoms with E-state index in [0.717, 1.165) is 23.7 Å². The van der Waals surface area contributed by atoms with E-state index in [1.54, 1.807) is 6.20 Å². The fourth-order valence-electron chi connectivity index (χ4n) is 1.99. The quantitative estimate of drug-likeness (QED) is 0.698. The molecule has 0 fully saturated rings. The minimum Gasteiger partial charge on any atom is -0.494 e. The second-order valence-corrected chi connectivity index (χ2v) is 4.30. The Labute approximate surface area is 113 Å². The summed E-state index contributed by atoms with van der Waals surface area (Å²) in [4.78, 5) is 7.41. The maximum atomic E-state index is 5.88. The van der Waals surface area contributed by atoms with Gasteiger partial charge in [-0.05, 0) is 19.4 Å². The van der Waals surface area contributed by atoms with Gasteiger partial charge in [0.25, 0.3) is 0 Å². The molecule has 0 saturated heterocycles. The van der Waals surface area contributed by atoms with Gasteiger partial charge in [0.2, 0.25) is 0 Å². The van der Waals surface area contributed by atoms with Crippen molar-refractivity contribution in [3.05, 3.63) is 36.4 Å². The maximum Gasteiger partial charge on any atom is 0.128 e. The summed E-state index contributed by atoms with van der Waals surface area (Å²) in [5, 5.41) is 3.42. The molecule has 1 aromatic heterocycles. The van der Waals surface area contributed by atoms with Crippen molar-refractivity contribution in [1.82, 2.24) is 9.97 Å². The SMILES string of the molecule is CCOc1cc(N)cc(NC(CC)c2ncc[nH]2)c1. The van der Waals surface area contributed by atoms with Crippen LogP contribution in [-0.4, -0.2) is 16.6 Å². The number of ether oxygens (including phenoxy) is 1. The number of nitrogens with one attached hydrogen (secondary N) is 2. The lowest BCUT2D eigenvalue weighted by Gasteiger charge is -2.17. The number of nitrogens with two attached hydrogens (primary N) is 1. The lowest BCUT2D eigenvalue weighted by Crippen LogP contribution is -2.11. The van der Waals surface area contributed by atoms with Crippen LogP contribution in [0.25, 0.3) is 0 Å². The first kappa shape index (κ1) is 13.3. The van der Waals surface area contributed by atoms with Crippen LogP contribution in [0.3, 0.4) is 0 Å². The summed E-state index contributed by atoms with van der Waals surface area (Å²) in [5.74, 6) is 1.70. The third-order valence-electron chi connectivity index (χ3n) is 2.84. The van der Waals surface area contributed by atoms with E-state index in [0.29, 0.717) is 12.3 Å². The van der Waals surface area contributed by atoms with E-state index in [-0.39, 0.29) is 6.04 Å². The summed E-state index contributed by atoms with van der Waals surface area (Å²) in [5.41, 5.74) is 7.50. The van der Waals surface area contributed by atoms with E-state index < -0.39 is 0 Å². The number of rotatable bonds is 6. The van der Waals surface area contributed by atoms with Gasteiger partial charge in [-0.25, -0.2) is 4.98 Å². The standard InChI is InChI=1S/C14H20N4O/c1-3-13(14-16-5-6-17-14)18-11-7-10(15)8-12(9-11)19-4-2/h5-9,13,18H,3-4,15H2,1-2H3,(H,16,17). The highest BCUT2D eigenvalue weighted by Gasteiger charge is 2.12. The zero-order valence-corrected chi connectivity index (χ0v) is 11.3. The van der Waals surface area contributed by atoms with Crippen molar-refractivity contribution in [3.63, 3.8) is 0 Å². The van der Waals surface area contributed by atoms with Gasteiger partial charge < -0.3 is 20.8 Å². The van der Waals surface area contributed by atoms with Crippen molar-refractivity contribution in [3.8, 4) is 5.75 Å². The summed E-state index contributed by atoms with van der Waals surface area (Å²) < 4.78 is 5.49. The third-order valence-corrected chi connectivity index (χ3v) is 2.84. The molecule has 0 bridgehead atoms.